The Hall–Kier alpha value is -2.10. The highest BCUT2D eigenvalue weighted by Gasteiger charge is 2.31. The topological polar surface area (TPSA) is 86.8 Å². The van der Waals surface area contributed by atoms with Crippen LogP contribution in [0.15, 0.2) is 53.0 Å². The molecule has 0 aliphatic heterocycles. The fourth-order valence-corrected chi connectivity index (χ4v) is 5.79. The van der Waals surface area contributed by atoms with Crippen LogP contribution in [0.5, 0.6) is 0 Å². The van der Waals surface area contributed by atoms with E-state index in [0.717, 1.165) is 41.8 Å². The number of rotatable bonds is 9. The first-order valence-corrected chi connectivity index (χ1v) is 14.6. The molecule has 35 heavy (non-hydrogen) atoms. The molecule has 0 radical (unpaired) electrons. The fourth-order valence-electron chi connectivity index (χ4n) is 4.19. The number of carbonyl (C=O) groups is 2. The molecule has 0 spiro atoms. The third-order valence-electron chi connectivity index (χ3n) is 6.19. The van der Waals surface area contributed by atoms with E-state index in [1.54, 1.807) is 55.5 Å². The minimum absolute atomic E-state index is 0.0963. The number of hydrogen-bond acceptors (Lipinski definition) is 4. The lowest BCUT2D eigenvalue weighted by atomic mass is 9.95. The summed E-state index contributed by atoms with van der Waals surface area (Å²) < 4.78 is 26.9. The van der Waals surface area contributed by atoms with Crippen molar-refractivity contribution in [2.75, 3.05) is 17.1 Å². The lowest BCUT2D eigenvalue weighted by Gasteiger charge is -2.33. The summed E-state index contributed by atoms with van der Waals surface area (Å²) in [7, 11) is -3.78. The van der Waals surface area contributed by atoms with E-state index in [4.69, 9.17) is 11.6 Å². The van der Waals surface area contributed by atoms with Crippen LogP contribution in [0.1, 0.15) is 44.6 Å². The van der Waals surface area contributed by atoms with Crippen molar-refractivity contribution >= 4 is 55.1 Å². The minimum atomic E-state index is -3.78. The summed E-state index contributed by atoms with van der Waals surface area (Å²) in [5.41, 5.74) is 1.14. The molecule has 1 saturated carbocycles. The zero-order valence-electron chi connectivity index (χ0n) is 19.9. The predicted octanol–water partition coefficient (Wildman–Crippen LogP) is 4.73. The van der Waals surface area contributed by atoms with Crippen LogP contribution in [0.4, 0.5) is 5.69 Å². The Labute approximate surface area is 221 Å². The third-order valence-corrected chi connectivity index (χ3v) is 8.23. The van der Waals surface area contributed by atoms with Crippen LogP contribution >= 0.6 is 27.5 Å². The van der Waals surface area contributed by atoms with Crippen molar-refractivity contribution in [2.24, 2.45) is 0 Å². The number of carbonyl (C=O) groups excluding carboxylic acids is 2. The summed E-state index contributed by atoms with van der Waals surface area (Å²) >= 11 is 9.39. The first-order chi connectivity index (χ1) is 16.6. The molecule has 10 heteroatoms. The van der Waals surface area contributed by atoms with Gasteiger partial charge in [-0.1, -0.05) is 55.1 Å². The van der Waals surface area contributed by atoms with Gasteiger partial charge in [-0.3, -0.25) is 13.9 Å². The largest absolute Gasteiger partial charge is 0.352 e. The first-order valence-electron chi connectivity index (χ1n) is 11.6. The number of nitrogens with zero attached hydrogens (tertiary/aromatic N) is 2. The van der Waals surface area contributed by atoms with Crippen LogP contribution in [0.2, 0.25) is 5.02 Å². The Morgan fingerprint density at radius 2 is 1.71 bits per heavy atom. The van der Waals surface area contributed by atoms with Crippen molar-refractivity contribution in [1.29, 1.82) is 0 Å². The summed E-state index contributed by atoms with van der Waals surface area (Å²) in [5.74, 6) is -0.724. The van der Waals surface area contributed by atoms with E-state index >= 15 is 0 Å². The zero-order chi connectivity index (χ0) is 25.6. The van der Waals surface area contributed by atoms with Crippen molar-refractivity contribution in [3.63, 3.8) is 0 Å². The van der Waals surface area contributed by atoms with Gasteiger partial charge in [0.1, 0.15) is 12.6 Å². The maximum atomic E-state index is 13.6. The van der Waals surface area contributed by atoms with Crippen molar-refractivity contribution in [3.8, 4) is 0 Å². The Morgan fingerprint density at radius 3 is 2.31 bits per heavy atom. The van der Waals surface area contributed by atoms with Gasteiger partial charge in [-0.05, 0) is 65.5 Å². The van der Waals surface area contributed by atoms with Crippen LogP contribution in [-0.2, 0) is 26.2 Å². The van der Waals surface area contributed by atoms with Gasteiger partial charge in [0.25, 0.3) is 0 Å². The van der Waals surface area contributed by atoms with E-state index in [2.05, 4.69) is 21.2 Å². The van der Waals surface area contributed by atoms with Gasteiger partial charge in [-0.2, -0.15) is 0 Å². The monoisotopic (exact) mass is 583 g/mol. The number of para-hydroxylation sites is 1. The van der Waals surface area contributed by atoms with Gasteiger partial charge in [0.05, 0.1) is 11.9 Å². The van der Waals surface area contributed by atoms with Gasteiger partial charge in [-0.25, -0.2) is 8.42 Å². The molecule has 7 nitrogen and oxygen atoms in total. The van der Waals surface area contributed by atoms with Crippen LogP contribution in [-0.4, -0.2) is 50.0 Å². The normalized spacial score (nSPS) is 15.3. The summed E-state index contributed by atoms with van der Waals surface area (Å²) in [5, 5.41) is 3.64. The third kappa shape index (κ3) is 7.69. The van der Waals surface area contributed by atoms with E-state index in [9.17, 15) is 18.0 Å². The minimum Gasteiger partial charge on any atom is -0.352 e. The fraction of sp³-hybridized carbons (Fsp3) is 0.440. The molecule has 0 aromatic heterocycles. The summed E-state index contributed by atoms with van der Waals surface area (Å²) in [6.45, 7) is 1.38. The van der Waals surface area contributed by atoms with Gasteiger partial charge in [-0.15, -0.1) is 0 Å². The highest BCUT2D eigenvalue weighted by atomic mass is 79.9. The number of hydrogen-bond donors (Lipinski definition) is 1. The van der Waals surface area contributed by atoms with Crippen LogP contribution in [0.3, 0.4) is 0 Å². The second-order valence-electron chi connectivity index (χ2n) is 8.89. The molecule has 0 saturated heterocycles. The van der Waals surface area contributed by atoms with Crippen LogP contribution in [0.25, 0.3) is 0 Å². The second-order valence-corrected chi connectivity index (χ2v) is 12.1. The molecular formula is C25H31BrClN3O4S. The SMILES string of the molecule is CC(C(=O)NC1CCCCC1)N(Cc1ccc(Cl)cc1)C(=O)CN(c1ccccc1Br)S(C)(=O)=O. The number of amides is 2. The van der Waals surface area contributed by atoms with E-state index in [0.29, 0.717) is 15.2 Å². The van der Waals surface area contributed by atoms with Gasteiger partial charge >= 0.3 is 0 Å². The Morgan fingerprint density at radius 1 is 1.09 bits per heavy atom. The molecule has 1 fully saturated rings. The molecule has 2 amide bonds. The van der Waals surface area contributed by atoms with Crippen LogP contribution < -0.4 is 9.62 Å². The zero-order valence-corrected chi connectivity index (χ0v) is 23.1. The maximum absolute atomic E-state index is 13.6. The lowest BCUT2D eigenvalue weighted by molar-refractivity contribution is -0.139. The molecule has 2 aromatic rings. The van der Waals surface area contributed by atoms with E-state index in [1.807, 2.05) is 0 Å². The molecule has 1 unspecified atom stereocenters. The first kappa shape index (κ1) is 27.5. The lowest BCUT2D eigenvalue weighted by Crippen LogP contribution is -2.53. The summed E-state index contributed by atoms with van der Waals surface area (Å²) in [4.78, 5) is 28.2. The van der Waals surface area contributed by atoms with Crippen LogP contribution in [0, 0.1) is 0 Å². The molecule has 0 heterocycles. The standard InChI is InChI=1S/C25H31BrClN3O4S/c1-18(25(32)28-21-8-4-3-5-9-21)29(16-19-12-14-20(27)15-13-19)24(31)17-30(35(2,33)34)23-11-7-6-10-22(23)26/h6-7,10-15,18,21H,3-5,8-9,16-17H2,1-2H3,(H,28,32). The Kier molecular flexibility index (Phi) is 9.61. The molecular weight excluding hydrogens is 554 g/mol. The highest BCUT2D eigenvalue weighted by molar-refractivity contribution is 9.10. The molecule has 1 aliphatic rings. The number of anilines is 1. The van der Waals surface area contributed by atoms with E-state index < -0.39 is 28.5 Å². The molecule has 190 valence electrons. The van der Waals surface area contributed by atoms with E-state index in [-0.39, 0.29) is 18.5 Å². The Bertz CT molecular complexity index is 1140. The number of halogens is 2. The van der Waals surface area contributed by atoms with Gasteiger partial charge in [0.15, 0.2) is 0 Å². The Balaban J connectivity index is 1.87. The maximum Gasteiger partial charge on any atom is 0.244 e. The summed E-state index contributed by atoms with van der Waals surface area (Å²) in [6.07, 6.45) is 6.22. The molecule has 0 bridgehead atoms. The molecule has 1 N–H and O–H groups in total. The van der Waals surface area contributed by atoms with Crippen molar-refractivity contribution < 1.29 is 18.0 Å². The van der Waals surface area contributed by atoms with Gasteiger partial charge in [0.2, 0.25) is 21.8 Å². The second kappa shape index (κ2) is 12.2. The number of sulfonamides is 1. The number of nitrogens with one attached hydrogen (secondary N) is 1. The quantitative estimate of drug-likeness (QED) is 0.462. The van der Waals surface area contributed by atoms with Crippen molar-refractivity contribution in [2.45, 2.75) is 57.7 Å². The van der Waals surface area contributed by atoms with Gasteiger partial charge in [0, 0.05) is 22.1 Å². The average molecular weight is 585 g/mol. The molecule has 2 aromatic carbocycles. The average Bonchev–Trinajstić information content (AvgIpc) is 2.82. The van der Waals surface area contributed by atoms with Crippen molar-refractivity contribution in [1.82, 2.24) is 10.2 Å². The smallest absolute Gasteiger partial charge is 0.244 e. The van der Waals surface area contributed by atoms with E-state index in [1.165, 1.54) is 11.3 Å². The van der Waals surface area contributed by atoms with Crippen molar-refractivity contribution in [3.05, 3.63) is 63.6 Å². The number of benzene rings is 2. The molecule has 1 atom stereocenters. The molecule has 3 rings (SSSR count). The summed E-state index contributed by atoms with van der Waals surface area (Å²) in [6, 6.07) is 13.1. The predicted molar refractivity (Wildman–Crippen MR) is 143 cm³/mol. The highest BCUT2D eigenvalue weighted by Crippen LogP contribution is 2.28. The molecule has 1 aliphatic carbocycles. The van der Waals surface area contributed by atoms with Gasteiger partial charge < -0.3 is 10.2 Å².